The summed E-state index contributed by atoms with van der Waals surface area (Å²) < 4.78 is 4.79. The molecule has 0 spiro atoms. The van der Waals surface area contributed by atoms with Gasteiger partial charge in [0.2, 0.25) is 0 Å². The molecule has 0 saturated carbocycles. The van der Waals surface area contributed by atoms with E-state index in [1.807, 2.05) is 6.08 Å². The molecule has 0 aliphatic carbocycles. The summed E-state index contributed by atoms with van der Waals surface area (Å²) in [4.78, 5) is 11.2. The number of allylic oxidation sites excluding steroid dienone is 1. The fraction of sp³-hybridized carbons (Fsp3) is 0.833. The van der Waals surface area contributed by atoms with E-state index in [0.29, 0.717) is 6.42 Å². The van der Waals surface area contributed by atoms with E-state index < -0.39 is 0 Å². The molecule has 0 aliphatic heterocycles. The zero-order valence-electron chi connectivity index (χ0n) is 14.1. The molecule has 0 bridgehead atoms. The quantitative estimate of drug-likeness (QED) is 0.274. The lowest BCUT2D eigenvalue weighted by atomic mass is 10.1. The number of aliphatic hydroxyl groups is 2. The van der Waals surface area contributed by atoms with Gasteiger partial charge in [-0.3, -0.25) is 4.79 Å². The van der Waals surface area contributed by atoms with Crippen molar-refractivity contribution in [2.75, 3.05) is 13.2 Å². The van der Waals surface area contributed by atoms with Gasteiger partial charge in [0, 0.05) is 6.42 Å². The number of aliphatic hydroxyl groups excluding tert-OH is 2. The van der Waals surface area contributed by atoms with Crippen molar-refractivity contribution >= 4 is 5.97 Å². The SMILES string of the molecule is CCCCC[C@H](O)/C=C/CCCCCCCC(=O)OCCO. The van der Waals surface area contributed by atoms with Crippen molar-refractivity contribution in [3.8, 4) is 0 Å². The molecule has 0 amide bonds. The van der Waals surface area contributed by atoms with Gasteiger partial charge in [0.25, 0.3) is 0 Å². The van der Waals surface area contributed by atoms with E-state index in [-0.39, 0.29) is 25.3 Å². The summed E-state index contributed by atoms with van der Waals surface area (Å²) in [6.07, 6.45) is 14.9. The normalized spacial score (nSPS) is 12.7. The number of hydrogen-bond donors (Lipinski definition) is 2. The number of ether oxygens (including phenoxy) is 1. The third kappa shape index (κ3) is 15.5. The molecule has 0 aromatic carbocycles. The minimum absolute atomic E-state index is 0.105. The largest absolute Gasteiger partial charge is 0.463 e. The molecule has 0 aliphatic rings. The molecule has 0 heterocycles. The summed E-state index contributed by atoms with van der Waals surface area (Å²) in [6, 6.07) is 0. The molecular formula is C18H34O4. The third-order valence-electron chi connectivity index (χ3n) is 3.57. The lowest BCUT2D eigenvalue weighted by molar-refractivity contribution is -0.144. The minimum atomic E-state index is -0.281. The summed E-state index contributed by atoms with van der Waals surface area (Å²) in [7, 11) is 0. The van der Waals surface area contributed by atoms with Crippen molar-refractivity contribution in [3.63, 3.8) is 0 Å². The second-order valence-electron chi connectivity index (χ2n) is 5.74. The maximum Gasteiger partial charge on any atom is 0.305 e. The van der Waals surface area contributed by atoms with Gasteiger partial charge in [-0.1, -0.05) is 57.6 Å². The van der Waals surface area contributed by atoms with Crippen LogP contribution in [0.15, 0.2) is 12.2 Å². The van der Waals surface area contributed by atoms with E-state index in [4.69, 9.17) is 9.84 Å². The first kappa shape index (κ1) is 21.1. The molecule has 0 saturated heterocycles. The van der Waals surface area contributed by atoms with E-state index in [1.165, 1.54) is 12.8 Å². The number of rotatable bonds is 15. The van der Waals surface area contributed by atoms with Gasteiger partial charge in [-0.15, -0.1) is 0 Å². The van der Waals surface area contributed by atoms with Crippen LogP contribution >= 0.6 is 0 Å². The number of hydrogen-bond acceptors (Lipinski definition) is 4. The first-order chi connectivity index (χ1) is 10.7. The predicted molar refractivity (Wildman–Crippen MR) is 89.7 cm³/mol. The van der Waals surface area contributed by atoms with Crippen molar-refractivity contribution in [2.45, 2.75) is 83.7 Å². The molecule has 0 aromatic heterocycles. The van der Waals surface area contributed by atoms with Gasteiger partial charge in [-0.05, 0) is 25.7 Å². The van der Waals surface area contributed by atoms with Crippen LogP contribution in [0.1, 0.15) is 77.6 Å². The maximum atomic E-state index is 11.2. The van der Waals surface area contributed by atoms with Crippen molar-refractivity contribution in [1.29, 1.82) is 0 Å². The summed E-state index contributed by atoms with van der Waals surface area (Å²) in [6.45, 7) is 2.17. The van der Waals surface area contributed by atoms with Crippen LogP contribution in [-0.2, 0) is 9.53 Å². The first-order valence-corrected chi connectivity index (χ1v) is 8.82. The van der Waals surface area contributed by atoms with Crippen LogP contribution < -0.4 is 0 Å². The Hall–Kier alpha value is -0.870. The van der Waals surface area contributed by atoms with Crippen LogP contribution in [0, 0.1) is 0 Å². The molecule has 0 radical (unpaired) electrons. The zero-order chi connectivity index (χ0) is 16.5. The average Bonchev–Trinajstić information content (AvgIpc) is 2.51. The van der Waals surface area contributed by atoms with Crippen LogP contribution in [0.2, 0.25) is 0 Å². The molecule has 0 fully saturated rings. The smallest absolute Gasteiger partial charge is 0.305 e. The average molecular weight is 314 g/mol. The fourth-order valence-corrected chi connectivity index (χ4v) is 2.25. The second kappa shape index (κ2) is 16.5. The van der Waals surface area contributed by atoms with E-state index in [1.54, 1.807) is 0 Å². The standard InChI is InChI=1S/C18H34O4/c1-2-3-9-12-17(20)13-10-7-5-4-6-8-11-14-18(21)22-16-15-19/h10,13,17,19-20H,2-9,11-12,14-16H2,1H3/b13-10+/t17-/m0/s1. The summed E-state index contributed by atoms with van der Waals surface area (Å²) in [5, 5.41) is 18.2. The van der Waals surface area contributed by atoms with Crippen molar-refractivity contribution in [3.05, 3.63) is 12.2 Å². The number of unbranched alkanes of at least 4 members (excludes halogenated alkanes) is 7. The molecule has 0 aromatic rings. The van der Waals surface area contributed by atoms with Crippen LogP contribution in [0.25, 0.3) is 0 Å². The van der Waals surface area contributed by atoms with E-state index >= 15 is 0 Å². The Morgan fingerprint density at radius 2 is 1.82 bits per heavy atom. The van der Waals surface area contributed by atoms with Gasteiger partial charge in [0.15, 0.2) is 0 Å². The van der Waals surface area contributed by atoms with Crippen molar-refractivity contribution in [1.82, 2.24) is 0 Å². The van der Waals surface area contributed by atoms with Crippen LogP contribution in [0.5, 0.6) is 0 Å². The van der Waals surface area contributed by atoms with E-state index in [2.05, 4.69) is 13.0 Å². The molecule has 0 rings (SSSR count). The molecule has 130 valence electrons. The monoisotopic (exact) mass is 314 g/mol. The number of carbonyl (C=O) groups is 1. The molecule has 4 nitrogen and oxygen atoms in total. The number of esters is 1. The Balaban J connectivity index is 3.30. The molecule has 0 unspecified atom stereocenters. The molecular weight excluding hydrogens is 280 g/mol. The van der Waals surface area contributed by atoms with Crippen LogP contribution in [0.3, 0.4) is 0 Å². The highest BCUT2D eigenvalue weighted by Crippen LogP contribution is 2.09. The van der Waals surface area contributed by atoms with Crippen LogP contribution in [0.4, 0.5) is 0 Å². The molecule has 1 atom stereocenters. The number of carbonyl (C=O) groups excluding carboxylic acids is 1. The Kier molecular flexibility index (Phi) is 15.8. The van der Waals surface area contributed by atoms with E-state index in [9.17, 15) is 9.90 Å². The zero-order valence-corrected chi connectivity index (χ0v) is 14.1. The molecule has 4 heteroatoms. The van der Waals surface area contributed by atoms with Gasteiger partial charge in [0.05, 0.1) is 12.7 Å². The Bertz CT molecular complexity index is 276. The van der Waals surface area contributed by atoms with Gasteiger partial charge in [-0.25, -0.2) is 0 Å². The van der Waals surface area contributed by atoms with E-state index in [0.717, 1.165) is 51.4 Å². The topological polar surface area (TPSA) is 66.8 Å². The Morgan fingerprint density at radius 1 is 1.09 bits per heavy atom. The summed E-state index contributed by atoms with van der Waals surface area (Å²) >= 11 is 0. The highest BCUT2D eigenvalue weighted by atomic mass is 16.5. The van der Waals surface area contributed by atoms with Crippen LogP contribution in [-0.4, -0.2) is 35.5 Å². The predicted octanol–water partition coefficient (Wildman–Crippen LogP) is 3.75. The lowest BCUT2D eigenvalue weighted by Crippen LogP contribution is -2.07. The Morgan fingerprint density at radius 3 is 2.55 bits per heavy atom. The van der Waals surface area contributed by atoms with Gasteiger partial charge in [0.1, 0.15) is 6.61 Å². The fourth-order valence-electron chi connectivity index (χ4n) is 2.25. The summed E-state index contributed by atoms with van der Waals surface area (Å²) in [5.41, 5.74) is 0. The van der Waals surface area contributed by atoms with Crippen molar-refractivity contribution in [2.24, 2.45) is 0 Å². The second-order valence-corrected chi connectivity index (χ2v) is 5.74. The molecule has 22 heavy (non-hydrogen) atoms. The lowest BCUT2D eigenvalue weighted by Gasteiger charge is -2.04. The molecule has 2 N–H and O–H groups in total. The maximum absolute atomic E-state index is 11.2. The highest BCUT2D eigenvalue weighted by Gasteiger charge is 2.01. The van der Waals surface area contributed by atoms with Gasteiger partial charge >= 0.3 is 5.97 Å². The third-order valence-corrected chi connectivity index (χ3v) is 3.57. The van der Waals surface area contributed by atoms with Crippen molar-refractivity contribution < 1.29 is 19.7 Å². The Labute approximate surface area is 135 Å². The van der Waals surface area contributed by atoms with Gasteiger partial charge < -0.3 is 14.9 Å². The van der Waals surface area contributed by atoms with Gasteiger partial charge in [-0.2, -0.15) is 0 Å². The summed E-state index contributed by atoms with van der Waals surface area (Å²) in [5.74, 6) is -0.214. The highest BCUT2D eigenvalue weighted by molar-refractivity contribution is 5.69. The minimum Gasteiger partial charge on any atom is -0.463 e. The first-order valence-electron chi connectivity index (χ1n) is 8.82.